The second-order valence-corrected chi connectivity index (χ2v) is 5.57. The van der Waals surface area contributed by atoms with E-state index in [2.05, 4.69) is 15.7 Å². The van der Waals surface area contributed by atoms with Gasteiger partial charge in [0.1, 0.15) is 17.0 Å². The summed E-state index contributed by atoms with van der Waals surface area (Å²) in [6.45, 7) is 0.754. The summed E-state index contributed by atoms with van der Waals surface area (Å²) in [6, 6.07) is 1.66. The standard InChI is InChI=1S/C13H15N3O2S/c14-4-10-3-9(6-18-10)13(17)15-5-12-16-11(7-19-12)8-1-2-8/h3,6-8H,1-2,4-5,14H2,(H,15,17). The van der Waals surface area contributed by atoms with Crippen molar-refractivity contribution in [3.05, 3.63) is 39.7 Å². The molecule has 19 heavy (non-hydrogen) atoms. The van der Waals surface area contributed by atoms with Gasteiger partial charge in [-0.15, -0.1) is 11.3 Å². The van der Waals surface area contributed by atoms with E-state index < -0.39 is 0 Å². The van der Waals surface area contributed by atoms with Crippen molar-refractivity contribution < 1.29 is 9.21 Å². The molecule has 0 spiro atoms. The molecule has 1 saturated carbocycles. The van der Waals surface area contributed by atoms with Gasteiger partial charge in [0, 0.05) is 11.3 Å². The SMILES string of the molecule is NCc1cc(C(=O)NCc2nc(C3CC3)cs2)co1. The highest BCUT2D eigenvalue weighted by atomic mass is 32.1. The summed E-state index contributed by atoms with van der Waals surface area (Å²) in [7, 11) is 0. The Hall–Kier alpha value is -1.66. The fourth-order valence-electron chi connectivity index (χ4n) is 1.84. The van der Waals surface area contributed by atoms with Crippen molar-refractivity contribution in [1.29, 1.82) is 0 Å². The maximum Gasteiger partial charge on any atom is 0.254 e. The first-order chi connectivity index (χ1) is 9.26. The van der Waals surface area contributed by atoms with Crippen molar-refractivity contribution in [1.82, 2.24) is 10.3 Å². The molecule has 1 aliphatic rings. The van der Waals surface area contributed by atoms with Gasteiger partial charge < -0.3 is 15.5 Å². The van der Waals surface area contributed by atoms with Gasteiger partial charge in [0.05, 0.1) is 24.3 Å². The first kappa shape index (κ1) is 12.4. The van der Waals surface area contributed by atoms with Crippen LogP contribution in [0.2, 0.25) is 0 Å². The Morgan fingerprint density at radius 3 is 3.11 bits per heavy atom. The van der Waals surface area contributed by atoms with Crippen molar-refractivity contribution in [3.63, 3.8) is 0 Å². The van der Waals surface area contributed by atoms with Gasteiger partial charge in [-0.1, -0.05) is 0 Å². The van der Waals surface area contributed by atoms with Crippen LogP contribution in [-0.4, -0.2) is 10.9 Å². The van der Waals surface area contributed by atoms with Crippen LogP contribution in [0.4, 0.5) is 0 Å². The van der Waals surface area contributed by atoms with E-state index in [0.29, 0.717) is 30.3 Å². The molecule has 0 aliphatic heterocycles. The molecule has 3 N–H and O–H groups in total. The highest BCUT2D eigenvalue weighted by Crippen LogP contribution is 2.40. The smallest absolute Gasteiger partial charge is 0.254 e. The second kappa shape index (κ2) is 5.14. The van der Waals surface area contributed by atoms with Crippen LogP contribution in [0.1, 0.15) is 45.6 Å². The monoisotopic (exact) mass is 277 g/mol. The molecule has 0 radical (unpaired) electrons. The Kier molecular flexibility index (Phi) is 3.35. The fraction of sp³-hybridized carbons (Fsp3) is 0.385. The number of furan rings is 1. The highest BCUT2D eigenvalue weighted by Gasteiger charge is 2.26. The molecule has 0 saturated heterocycles. The van der Waals surface area contributed by atoms with Crippen LogP contribution < -0.4 is 11.1 Å². The van der Waals surface area contributed by atoms with E-state index in [0.717, 1.165) is 5.01 Å². The molecule has 0 unspecified atom stereocenters. The molecule has 100 valence electrons. The van der Waals surface area contributed by atoms with Gasteiger partial charge in [0.15, 0.2) is 0 Å². The molecule has 6 heteroatoms. The number of carbonyl (C=O) groups excluding carboxylic acids is 1. The summed E-state index contributed by atoms with van der Waals surface area (Å²) in [6.07, 6.45) is 3.91. The van der Waals surface area contributed by atoms with Crippen LogP contribution in [0.3, 0.4) is 0 Å². The van der Waals surface area contributed by atoms with Crippen LogP contribution in [-0.2, 0) is 13.1 Å². The minimum absolute atomic E-state index is 0.161. The molecule has 0 aromatic carbocycles. The second-order valence-electron chi connectivity index (χ2n) is 4.63. The van der Waals surface area contributed by atoms with Gasteiger partial charge >= 0.3 is 0 Å². The zero-order chi connectivity index (χ0) is 13.2. The van der Waals surface area contributed by atoms with Crippen LogP contribution in [0.25, 0.3) is 0 Å². The molecule has 2 aromatic heterocycles. The molecule has 5 nitrogen and oxygen atoms in total. The van der Waals surface area contributed by atoms with Crippen molar-refractivity contribution in [2.24, 2.45) is 5.73 Å². The fourth-order valence-corrected chi connectivity index (χ4v) is 2.65. The summed E-state index contributed by atoms with van der Waals surface area (Å²) in [5.41, 5.74) is 7.10. The van der Waals surface area contributed by atoms with Crippen LogP contribution in [0.5, 0.6) is 0 Å². The number of rotatable bonds is 5. The molecule has 3 rings (SSSR count). The molecule has 1 fully saturated rings. The molecule has 0 atom stereocenters. The summed E-state index contributed by atoms with van der Waals surface area (Å²) in [4.78, 5) is 16.4. The number of carbonyl (C=O) groups is 1. The van der Waals surface area contributed by atoms with Gasteiger partial charge in [-0.3, -0.25) is 4.79 Å². The minimum Gasteiger partial charge on any atom is -0.467 e. The lowest BCUT2D eigenvalue weighted by atomic mass is 10.3. The third kappa shape index (κ3) is 2.85. The third-order valence-corrected chi connectivity index (χ3v) is 3.95. The zero-order valence-corrected chi connectivity index (χ0v) is 11.2. The van der Waals surface area contributed by atoms with Gasteiger partial charge in [-0.25, -0.2) is 4.98 Å². The van der Waals surface area contributed by atoms with Crippen molar-refractivity contribution in [3.8, 4) is 0 Å². The molecule has 2 aromatic rings. The number of nitrogens with one attached hydrogen (secondary N) is 1. The molecule has 1 amide bonds. The Balaban J connectivity index is 1.56. The number of nitrogens with zero attached hydrogens (tertiary/aromatic N) is 1. The predicted octanol–water partition coefficient (Wildman–Crippen LogP) is 2.00. The Bertz CT molecular complexity index is 586. The average molecular weight is 277 g/mol. The number of hydrogen-bond donors (Lipinski definition) is 2. The van der Waals surface area contributed by atoms with Crippen LogP contribution >= 0.6 is 11.3 Å². The van der Waals surface area contributed by atoms with E-state index in [-0.39, 0.29) is 5.91 Å². The number of aromatic nitrogens is 1. The van der Waals surface area contributed by atoms with E-state index in [1.54, 1.807) is 17.4 Å². The zero-order valence-electron chi connectivity index (χ0n) is 10.4. The lowest BCUT2D eigenvalue weighted by Crippen LogP contribution is -2.22. The lowest BCUT2D eigenvalue weighted by Gasteiger charge is -1.99. The number of amides is 1. The Labute approximate surface area is 114 Å². The summed E-state index contributed by atoms with van der Waals surface area (Å²) < 4.78 is 5.13. The lowest BCUT2D eigenvalue weighted by molar-refractivity contribution is 0.0950. The normalized spacial score (nSPS) is 14.6. The number of thiazole rings is 1. The summed E-state index contributed by atoms with van der Waals surface area (Å²) in [5, 5.41) is 5.86. The average Bonchev–Trinajstić information content (AvgIpc) is 2.99. The van der Waals surface area contributed by atoms with E-state index in [9.17, 15) is 4.79 Å². The predicted molar refractivity (Wildman–Crippen MR) is 71.9 cm³/mol. The Morgan fingerprint density at radius 2 is 2.42 bits per heavy atom. The van der Waals surface area contributed by atoms with E-state index >= 15 is 0 Å². The largest absolute Gasteiger partial charge is 0.467 e. The van der Waals surface area contributed by atoms with Crippen LogP contribution in [0.15, 0.2) is 22.1 Å². The molecular formula is C13H15N3O2S. The van der Waals surface area contributed by atoms with Crippen molar-refractivity contribution in [2.75, 3.05) is 0 Å². The molecule has 1 aliphatic carbocycles. The van der Waals surface area contributed by atoms with Crippen LogP contribution in [0, 0.1) is 0 Å². The third-order valence-electron chi connectivity index (χ3n) is 3.08. The molecule has 2 heterocycles. The Morgan fingerprint density at radius 1 is 1.58 bits per heavy atom. The topological polar surface area (TPSA) is 81.2 Å². The maximum atomic E-state index is 11.9. The van der Waals surface area contributed by atoms with E-state index in [1.807, 2.05) is 0 Å². The molecule has 0 bridgehead atoms. The summed E-state index contributed by atoms with van der Waals surface area (Å²) in [5.74, 6) is 1.10. The van der Waals surface area contributed by atoms with Gasteiger partial charge in [0.25, 0.3) is 5.91 Å². The van der Waals surface area contributed by atoms with Gasteiger partial charge in [-0.05, 0) is 18.9 Å². The van der Waals surface area contributed by atoms with Crippen molar-refractivity contribution >= 4 is 17.2 Å². The van der Waals surface area contributed by atoms with E-state index in [1.165, 1.54) is 24.8 Å². The maximum absolute atomic E-state index is 11.9. The first-order valence-electron chi connectivity index (χ1n) is 6.26. The number of nitrogens with two attached hydrogens (primary N) is 1. The van der Waals surface area contributed by atoms with Gasteiger partial charge in [-0.2, -0.15) is 0 Å². The van der Waals surface area contributed by atoms with E-state index in [4.69, 9.17) is 10.2 Å². The van der Waals surface area contributed by atoms with Crippen molar-refractivity contribution in [2.45, 2.75) is 31.8 Å². The van der Waals surface area contributed by atoms with Gasteiger partial charge in [0.2, 0.25) is 0 Å². The first-order valence-corrected chi connectivity index (χ1v) is 7.14. The minimum atomic E-state index is -0.161. The summed E-state index contributed by atoms with van der Waals surface area (Å²) >= 11 is 1.60. The molecular weight excluding hydrogens is 262 g/mol. The number of hydrogen-bond acceptors (Lipinski definition) is 5. The quantitative estimate of drug-likeness (QED) is 0.876. The highest BCUT2D eigenvalue weighted by molar-refractivity contribution is 7.09.